The minimum absolute atomic E-state index is 0.191. The van der Waals surface area contributed by atoms with E-state index in [1.165, 1.54) is 11.1 Å². The maximum atomic E-state index is 12.1. The van der Waals surface area contributed by atoms with Gasteiger partial charge in [-0.05, 0) is 36.6 Å². The molecule has 2 rings (SSSR count). The Morgan fingerprint density at radius 2 is 2.10 bits per heavy atom. The molecule has 1 aliphatic heterocycles. The Bertz CT molecular complexity index is 529. The Hall–Kier alpha value is -0.880. The van der Waals surface area contributed by atoms with Gasteiger partial charge in [-0.1, -0.05) is 6.07 Å². The number of carbonyl (C=O) groups excluding carboxylic acids is 1. The third-order valence-electron chi connectivity index (χ3n) is 3.67. The second-order valence-corrected chi connectivity index (χ2v) is 8.71. The molecule has 0 aromatic carbocycles. The van der Waals surface area contributed by atoms with Crippen LogP contribution in [0.1, 0.15) is 24.1 Å². The Morgan fingerprint density at radius 1 is 1.40 bits per heavy atom. The van der Waals surface area contributed by atoms with Crippen LogP contribution in [-0.2, 0) is 21.1 Å². The first kappa shape index (κ1) is 15.5. The molecule has 112 valence electrons. The average Bonchev–Trinajstić information content (AvgIpc) is 2.88. The summed E-state index contributed by atoms with van der Waals surface area (Å²) in [4.78, 5) is 15.2. The fourth-order valence-corrected chi connectivity index (χ4v) is 4.52. The number of amides is 1. The highest BCUT2D eigenvalue weighted by Crippen LogP contribution is 2.20. The molecule has 1 fully saturated rings. The van der Waals surface area contributed by atoms with E-state index in [4.69, 9.17) is 0 Å². The molecule has 0 aliphatic carbocycles. The number of thiophene rings is 1. The molecule has 1 aromatic rings. The molecular formula is C14H21NO3S2. The molecule has 0 saturated carbocycles. The summed E-state index contributed by atoms with van der Waals surface area (Å²) in [5.74, 6) is 0.659. The van der Waals surface area contributed by atoms with Gasteiger partial charge in [0.1, 0.15) is 9.84 Å². The van der Waals surface area contributed by atoms with Crippen LogP contribution < -0.4 is 0 Å². The molecule has 1 aromatic heterocycles. The fraction of sp³-hybridized carbons (Fsp3) is 0.643. The summed E-state index contributed by atoms with van der Waals surface area (Å²) >= 11 is 1.68. The van der Waals surface area contributed by atoms with Crippen molar-refractivity contribution in [3.63, 3.8) is 0 Å². The topological polar surface area (TPSA) is 54.5 Å². The lowest BCUT2D eigenvalue weighted by atomic mass is 9.98. The second-order valence-electron chi connectivity index (χ2n) is 5.50. The summed E-state index contributed by atoms with van der Waals surface area (Å²) in [6.07, 6.45) is 4.25. The molecule has 0 unspecified atom stereocenters. The lowest BCUT2D eigenvalue weighted by Gasteiger charge is -2.31. The molecule has 1 amide bonds. The first-order valence-electron chi connectivity index (χ1n) is 6.92. The molecule has 0 atom stereocenters. The van der Waals surface area contributed by atoms with Gasteiger partial charge >= 0.3 is 0 Å². The fourth-order valence-electron chi connectivity index (χ4n) is 2.62. The van der Waals surface area contributed by atoms with E-state index in [-0.39, 0.29) is 17.6 Å². The van der Waals surface area contributed by atoms with Crippen LogP contribution in [0.25, 0.3) is 0 Å². The lowest BCUT2D eigenvalue weighted by Crippen LogP contribution is -2.39. The van der Waals surface area contributed by atoms with Gasteiger partial charge in [0, 0.05) is 30.6 Å². The van der Waals surface area contributed by atoms with Crippen LogP contribution in [0.4, 0.5) is 0 Å². The standard InChI is InChI=1S/C14H21NO3S2/c1-20(17,18)11-12-6-8-15(9-7-12)14(16)5-4-13-3-2-10-19-13/h2-3,10,12H,4-9,11H2,1H3. The quantitative estimate of drug-likeness (QED) is 0.835. The SMILES string of the molecule is CS(=O)(=O)CC1CCN(C(=O)CCc2cccs2)CC1. The van der Waals surface area contributed by atoms with Crippen molar-refractivity contribution in [1.82, 2.24) is 4.90 Å². The van der Waals surface area contributed by atoms with E-state index >= 15 is 0 Å². The largest absolute Gasteiger partial charge is 0.343 e. The lowest BCUT2D eigenvalue weighted by molar-refractivity contribution is -0.132. The molecule has 6 heteroatoms. The van der Waals surface area contributed by atoms with Crippen LogP contribution in [0.5, 0.6) is 0 Å². The maximum Gasteiger partial charge on any atom is 0.222 e. The van der Waals surface area contributed by atoms with Crippen molar-refractivity contribution in [2.75, 3.05) is 25.1 Å². The molecule has 0 N–H and O–H groups in total. The average molecular weight is 315 g/mol. The predicted octanol–water partition coefficient (Wildman–Crippen LogP) is 1.96. The monoisotopic (exact) mass is 315 g/mol. The van der Waals surface area contributed by atoms with Crippen molar-refractivity contribution in [3.8, 4) is 0 Å². The number of carbonyl (C=O) groups is 1. The summed E-state index contributed by atoms with van der Waals surface area (Å²) in [7, 11) is -2.90. The molecule has 0 bridgehead atoms. The smallest absolute Gasteiger partial charge is 0.222 e. The van der Waals surface area contributed by atoms with Crippen LogP contribution in [0, 0.1) is 5.92 Å². The third-order valence-corrected chi connectivity index (χ3v) is 5.68. The number of nitrogens with zero attached hydrogens (tertiary/aromatic N) is 1. The van der Waals surface area contributed by atoms with Crippen molar-refractivity contribution < 1.29 is 13.2 Å². The Balaban J connectivity index is 1.74. The van der Waals surface area contributed by atoms with Gasteiger partial charge in [0.2, 0.25) is 5.91 Å². The second kappa shape index (κ2) is 6.72. The van der Waals surface area contributed by atoms with Gasteiger partial charge in [0.05, 0.1) is 5.75 Å². The van der Waals surface area contributed by atoms with E-state index < -0.39 is 9.84 Å². The van der Waals surface area contributed by atoms with E-state index in [9.17, 15) is 13.2 Å². The summed E-state index contributed by atoms with van der Waals surface area (Å²) < 4.78 is 22.5. The van der Waals surface area contributed by atoms with Crippen LogP contribution in [-0.4, -0.2) is 44.3 Å². The van der Waals surface area contributed by atoms with Crippen molar-refractivity contribution >= 4 is 27.1 Å². The number of hydrogen-bond donors (Lipinski definition) is 0. The van der Waals surface area contributed by atoms with Crippen molar-refractivity contribution in [2.45, 2.75) is 25.7 Å². The normalized spacial score (nSPS) is 17.4. The van der Waals surface area contributed by atoms with Crippen molar-refractivity contribution in [2.24, 2.45) is 5.92 Å². The van der Waals surface area contributed by atoms with Crippen LogP contribution in [0.2, 0.25) is 0 Å². The maximum absolute atomic E-state index is 12.1. The minimum atomic E-state index is -2.90. The first-order valence-corrected chi connectivity index (χ1v) is 9.86. The van der Waals surface area contributed by atoms with Crippen molar-refractivity contribution in [3.05, 3.63) is 22.4 Å². The van der Waals surface area contributed by atoms with Crippen molar-refractivity contribution in [1.29, 1.82) is 0 Å². The summed E-state index contributed by atoms with van der Waals surface area (Å²) in [5.41, 5.74) is 0. The summed E-state index contributed by atoms with van der Waals surface area (Å²) in [5, 5.41) is 2.02. The van der Waals surface area contributed by atoms with E-state index in [2.05, 4.69) is 6.07 Å². The highest BCUT2D eigenvalue weighted by molar-refractivity contribution is 7.90. The minimum Gasteiger partial charge on any atom is -0.343 e. The predicted molar refractivity (Wildman–Crippen MR) is 81.7 cm³/mol. The van der Waals surface area contributed by atoms with E-state index in [0.29, 0.717) is 19.5 Å². The van der Waals surface area contributed by atoms with Gasteiger partial charge < -0.3 is 4.90 Å². The van der Waals surface area contributed by atoms with E-state index in [1.807, 2.05) is 16.3 Å². The van der Waals surface area contributed by atoms with Gasteiger partial charge in [0.15, 0.2) is 0 Å². The van der Waals surface area contributed by atoms with Gasteiger partial charge in [-0.25, -0.2) is 8.42 Å². The zero-order valence-corrected chi connectivity index (χ0v) is 13.4. The number of piperidine rings is 1. The van der Waals surface area contributed by atoms with E-state index in [1.54, 1.807) is 11.3 Å². The van der Waals surface area contributed by atoms with Gasteiger partial charge in [-0.3, -0.25) is 4.79 Å². The molecule has 1 saturated heterocycles. The van der Waals surface area contributed by atoms with Gasteiger partial charge in [0.25, 0.3) is 0 Å². The molecular weight excluding hydrogens is 294 g/mol. The Kier molecular flexibility index (Phi) is 5.21. The Morgan fingerprint density at radius 3 is 2.65 bits per heavy atom. The number of aryl methyl sites for hydroxylation is 1. The third kappa shape index (κ3) is 4.90. The molecule has 1 aliphatic rings. The van der Waals surface area contributed by atoms with Gasteiger partial charge in [-0.2, -0.15) is 0 Å². The van der Waals surface area contributed by atoms with Crippen LogP contribution in [0.3, 0.4) is 0 Å². The zero-order chi connectivity index (χ0) is 14.6. The molecule has 4 nitrogen and oxygen atoms in total. The molecule has 20 heavy (non-hydrogen) atoms. The summed E-state index contributed by atoms with van der Waals surface area (Å²) in [6, 6.07) is 4.05. The number of hydrogen-bond acceptors (Lipinski definition) is 4. The van der Waals surface area contributed by atoms with Crippen LogP contribution >= 0.6 is 11.3 Å². The summed E-state index contributed by atoms with van der Waals surface area (Å²) in [6.45, 7) is 1.40. The van der Waals surface area contributed by atoms with Crippen LogP contribution in [0.15, 0.2) is 17.5 Å². The van der Waals surface area contributed by atoms with E-state index in [0.717, 1.165) is 19.3 Å². The molecule has 0 radical (unpaired) electrons. The number of likely N-dealkylation sites (tertiary alicyclic amines) is 1. The highest BCUT2D eigenvalue weighted by atomic mass is 32.2. The first-order chi connectivity index (χ1) is 9.44. The molecule has 2 heterocycles. The Labute approximate surface area is 124 Å². The zero-order valence-electron chi connectivity index (χ0n) is 11.7. The number of rotatable bonds is 5. The van der Waals surface area contributed by atoms with Gasteiger partial charge in [-0.15, -0.1) is 11.3 Å². The molecule has 0 spiro atoms. The highest BCUT2D eigenvalue weighted by Gasteiger charge is 2.24. The number of sulfone groups is 1.